The number of hydrogen-bond acceptors (Lipinski definition) is 8. The fourth-order valence-corrected chi connectivity index (χ4v) is 8.96. The Kier molecular flexibility index (Phi) is 10.2. The van der Waals surface area contributed by atoms with Crippen LogP contribution in [0.4, 0.5) is 34.1 Å². The monoisotopic (exact) mass is 864 g/mol. The van der Waals surface area contributed by atoms with Crippen molar-refractivity contribution in [2.75, 3.05) is 38.2 Å². The fraction of sp³-hybridized carbons (Fsp3) is 0.0690. The second-order valence-corrected chi connectivity index (χ2v) is 16.0. The molecule has 0 unspecified atom stereocenters. The smallest absolute Gasteiger partial charge is 0.144 e. The van der Waals surface area contributed by atoms with Gasteiger partial charge in [-0.05, 0) is 168 Å². The summed E-state index contributed by atoms with van der Waals surface area (Å²) in [5.41, 5.74) is 9.56. The van der Waals surface area contributed by atoms with Gasteiger partial charge in [0.2, 0.25) is 0 Å². The summed E-state index contributed by atoms with van der Waals surface area (Å²) in [6, 6.07) is 66.3. The van der Waals surface area contributed by atoms with E-state index >= 15 is 0 Å². The Morgan fingerprint density at radius 1 is 0.318 bits per heavy atom. The topological polar surface area (TPSA) is 69.7 Å². The number of benzene rings is 9. The van der Waals surface area contributed by atoms with E-state index in [1.54, 1.807) is 28.4 Å². The van der Waals surface area contributed by atoms with Gasteiger partial charge < -0.3 is 37.6 Å². The molecule has 0 radical (unpaired) electrons. The third-order valence-electron chi connectivity index (χ3n) is 12.3. The number of rotatable bonds is 12. The van der Waals surface area contributed by atoms with Gasteiger partial charge in [-0.1, -0.05) is 36.4 Å². The Bertz CT molecular complexity index is 3150. The van der Waals surface area contributed by atoms with E-state index in [4.69, 9.17) is 27.8 Å². The zero-order valence-electron chi connectivity index (χ0n) is 36.8. The molecular formula is C58H44N2O6. The van der Waals surface area contributed by atoms with E-state index in [0.29, 0.717) is 0 Å². The van der Waals surface area contributed by atoms with Crippen LogP contribution in [0.2, 0.25) is 0 Å². The van der Waals surface area contributed by atoms with Crippen molar-refractivity contribution in [3.8, 4) is 45.6 Å². The van der Waals surface area contributed by atoms with Crippen LogP contribution in [0.15, 0.2) is 203 Å². The van der Waals surface area contributed by atoms with Crippen LogP contribution in [0.25, 0.3) is 66.1 Å². The van der Waals surface area contributed by atoms with Crippen molar-refractivity contribution in [2.24, 2.45) is 0 Å². The van der Waals surface area contributed by atoms with Crippen LogP contribution < -0.4 is 28.7 Å². The molecule has 322 valence electrons. The molecule has 11 rings (SSSR count). The lowest BCUT2D eigenvalue weighted by Crippen LogP contribution is -2.09. The van der Waals surface area contributed by atoms with Crippen molar-refractivity contribution in [2.45, 2.75) is 0 Å². The Labute approximate surface area is 382 Å². The quantitative estimate of drug-likeness (QED) is 0.0888. The maximum Gasteiger partial charge on any atom is 0.144 e. The molecule has 0 spiro atoms. The fourth-order valence-electron chi connectivity index (χ4n) is 8.96. The summed E-state index contributed by atoms with van der Waals surface area (Å²) in [5.74, 6) is 4.73. The molecule has 0 fully saturated rings. The first-order chi connectivity index (χ1) is 32.5. The summed E-state index contributed by atoms with van der Waals surface area (Å²) < 4.78 is 35.8. The molecule has 9 aromatic carbocycles. The molecule has 11 aromatic rings. The highest BCUT2D eigenvalue weighted by atomic mass is 16.5. The van der Waals surface area contributed by atoms with Crippen molar-refractivity contribution >= 4 is 77.6 Å². The minimum atomic E-state index is 0.772. The third-order valence-corrected chi connectivity index (χ3v) is 12.3. The zero-order valence-corrected chi connectivity index (χ0v) is 36.8. The van der Waals surface area contributed by atoms with Crippen molar-refractivity contribution in [1.29, 1.82) is 0 Å². The first-order valence-corrected chi connectivity index (χ1v) is 21.7. The lowest BCUT2D eigenvalue weighted by atomic mass is 9.95. The summed E-state index contributed by atoms with van der Waals surface area (Å²) in [6.45, 7) is 0. The molecule has 0 bridgehead atoms. The first kappa shape index (κ1) is 40.2. The normalized spacial score (nSPS) is 11.3. The number of nitrogens with zero attached hydrogens (tertiary/aromatic N) is 2. The van der Waals surface area contributed by atoms with Crippen LogP contribution in [-0.4, -0.2) is 28.4 Å². The predicted octanol–water partition coefficient (Wildman–Crippen LogP) is 15.8. The van der Waals surface area contributed by atoms with E-state index in [2.05, 4.69) is 155 Å². The van der Waals surface area contributed by atoms with E-state index in [1.807, 2.05) is 48.5 Å². The summed E-state index contributed by atoms with van der Waals surface area (Å²) in [4.78, 5) is 4.42. The Morgan fingerprint density at radius 3 is 0.864 bits per heavy atom. The average Bonchev–Trinajstić information content (AvgIpc) is 3.39. The summed E-state index contributed by atoms with van der Waals surface area (Å²) >= 11 is 0. The SMILES string of the molecule is COc1ccc(N(c2ccc(OC)cc2)c2ccc(-c3cc4cccc5c6oc(-c7ccc(N(c8ccc(OC)cc8)c8ccc(OC)cc8)cc7)cc7cccc(c(o3)c45)c76)cc2)cc1. The number of ether oxygens (including phenoxy) is 4. The largest absolute Gasteiger partial charge is 0.497 e. The van der Waals surface area contributed by atoms with E-state index < -0.39 is 0 Å². The van der Waals surface area contributed by atoms with Gasteiger partial charge in [-0.2, -0.15) is 0 Å². The summed E-state index contributed by atoms with van der Waals surface area (Å²) in [7, 11) is 6.71. The predicted molar refractivity (Wildman–Crippen MR) is 267 cm³/mol. The van der Waals surface area contributed by atoms with Crippen LogP contribution in [-0.2, 0) is 0 Å². The van der Waals surface area contributed by atoms with Crippen LogP contribution in [0.5, 0.6) is 23.0 Å². The standard InChI is InChI=1S/C58H44N2O6/c1-61-47-27-19-43(20-28-47)59(44-21-29-48(62-2)30-22-44)41-15-11-37(12-16-41)53-35-39-7-5-10-52-55(39)57(65-53)51-9-6-8-40-36-54(66-58(52)56(40)51)38-13-17-42(18-14-38)60(45-23-31-49(63-3)32-24-45)46-25-33-50(64-4)34-26-46/h5-36H,1-4H3. The van der Waals surface area contributed by atoms with E-state index in [1.165, 1.54) is 0 Å². The number of fused-ring (bicyclic) bond motifs is 2. The Balaban J connectivity index is 0.972. The van der Waals surface area contributed by atoms with Crippen LogP contribution in [0, 0.1) is 0 Å². The molecule has 0 saturated heterocycles. The number of anilines is 6. The van der Waals surface area contributed by atoms with Crippen LogP contribution in [0.1, 0.15) is 0 Å². The Hall–Kier alpha value is -8.62. The average molecular weight is 865 g/mol. The molecule has 8 nitrogen and oxygen atoms in total. The first-order valence-electron chi connectivity index (χ1n) is 21.7. The number of hydrogen-bond donors (Lipinski definition) is 0. The minimum absolute atomic E-state index is 0.772. The van der Waals surface area contributed by atoms with Crippen LogP contribution >= 0.6 is 0 Å². The van der Waals surface area contributed by atoms with E-state index in [9.17, 15) is 0 Å². The van der Waals surface area contributed by atoms with Gasteiger partial charge in [-0.15, -0.1) is 0 Å². The summed E-state index contributed by atoms with van der Waals surface area (Å²) in [6.07, 6.45) is 0. The summed E-state index contributed by atoms with van der Waals surface area (Å²) in [5, 5.41) is 6.17. The van der Waals surface area contributed by atoms with E-state index in [0.717, 1.165) is 123 Å². The van der Waals surface area contributed by atoms with Gasteiger partial charge in [0.1, 0.15) is 45.7 Å². The van der Waals surface area contributed by atoms with Gasteiger partial charge in [0, 0.05) is 66.8 Å². The molecule has 0 atom stereocenters. The lowest BCUT2D eigenvalue weighted by Gasteiger charge is -2.26. The van der Waals surface area contributed by atoms with Gasteiger partial charge in [0.05, 0.1) is 28.4 Å². The molecule has 0 aliphatic carbocycles. The molecule has 0 saturated carbocycles. The number of methoxy groups -OCH3 is 4. The highest BCUT2D eigenvalue weighted by Gasteiger charge is 2.21. The maximum atomic E-state index is 6.97. The van der Waals surface area contributed by atoms with Crippen molar-refractivity contribution in [3.05, 3.63) is 194 Å². The minimum Gasteiger partial charge on any atom is -0.497 e. The third kappa shape index (κ3) is 7.15. The molecule has 0 aliphatic rings. The molecule has 8 heteroatoms. The second-order valence-electron chi connectivity index (χ2n) is 16.0. The van der Waals surface area contributed by atoms with Gasteiger partial charge >= 0.3 is 0 Å². The van der Waals surface area contributed by atoms with Gasteiger partial charge in [-0.25, -0.2) is 0 Å². The van der Waals surface area contributed by atoms with Gasteiger partial charge in [0.25, 0.3) is 0 Å². The van der Waals surface area contributed by atoms with E-state index in [-0.39, 0.29) is 0 Å². The molecule has 0 aliphatic heterocycles. The van der Waals surface area contributed by atoms with Gasteiger partial charge in [0.15, 0.2) is 0 Å². The highest BCUT2D eigenvalue weighted by Crippen LogP contribution is 2.45. The molecule has 0 amide bonds. The molecular weight excluding hydrogens is 821 g/mol. The molecule has 2 aromatic heterocycles. The Morgan fingerprint density at radius 2 is 0.591 bits per heavy atom. The highest BCUT2D eigenvalue weighted by molar-refractivity contribution is 6.30. The maximum absolute atomic E-state index is 6.97. The molecule has 0 N–H and O–H groups in total. The van der Waals surface area contributed by atoms with Crippen molar-refractivity contribution in [3.63, 3.8) is 0 Å². The van der Waals surface area contributed by atoms with Crippen molar-refractivity contribution in [1.82, 2.24) is 0 Å². The zero-order chi connectivity index (χ0) is 44.7. The van der Waals surface area contributed by atoms with Gasteiger partial charge in [-0.3, -0.25) is 0 Å². The molecule has 66 heavy (non-hydrogen) atoms. The molecule has 2 heterocycles. The van der Waals surface area contributed by atoms with Crippen LogP contribution in [0.3, 0.4) is 0 Å². The second kappa shape index (κ2) is 16.8. The van der Waals surface area contributed by atoms with Crippen molar-refractivity contribution < 1.29 is 27.8 Å². The lowest BCUT2D eigenvalue weighted by molar-refractivity contribution is 0.414.